The molecule has 0 unspecified atom stereocenters. The second-order valence-corrected chi connectivity index (χ2v) is 7.33. The van der Waals surface area contributed by atoms with Crippen LogP contribution in [0, 0.1) is 5.82 Å². The van der Waals surface area contributed by atoms with Gasteiger partial charge in [-0.05, 0) is 54.5 Å². The van der Waals surface area contributed by atoms with E-state index in [1.165, 1.54) is 29.7 Å². The molecule has 3 aliphatic rings. The summed E-state index contributed by atoms with van der Waals surface area (Å²) in [7, 11) is 0. The van der Waals surface area contributed by atoms with Crippen molar-refractivity contribution in [1.82, 2.24) is 4.90 Å². The van der Waals surface area contributed by atoms with Gasteiger partial charge in [-0.1, -0.05) is 36.4 Å². The monoisotopic (exact) mass is 336 g/mol. The lowest BCUT2D eigenvalue weighted by Crippen LogP contribution is -2.46. The minimum Gasteiger partial charge on any atom is -0.457 e. The molecule has 5 rings (SSSR count). The Hall–Kier alpha value is -2.36. The van der Waals surface area contributed by atoms with Crippen molar-refractivity contribution in [3.63, 3.8) is 0 Å². The van der Waals surface area contributed by atoms with Crippen molar-refractivity contribution in [2.75, 3.05) is 13.1 Å². The van der Waals surface area contributed by atoms with Crippen LogP contribution in [0.25, 0.3) is 0 Å². The predicted molar refractivity (Wildman–Crippen MR) is 95.1 cm³/mol. The molecule has 0 radical (unpaired) electrons. The average molecular weight is 336 g/mol. The minimum absolute atomic E-state index is 0.0273. The molecule has 0 bridgehead atoms. The SMILES string of the molecule is Fc1ccc([C@H]2c3ccccc3CCN2C2=NCC3(CCC3)O2)cc1. The van der Waals surface area contributed by atoms with Crippen LogP contribution in [-0.2, 0) is 11.2 Å². The molecule has 0 N–H and O–H groups in total. The van der Waals surface area contributed by atoms with Crippen molar-refractivity contribution < 1.29 is 9.13 Å². The molecule has 1 saturated carbocycles. The fourth-order valence-electron chi connectivity index (χ4n) is 4.23. The van der Waals surface area contributed by atoms with Crippen LogP contribution < -0.4 is 0 Å². The third kappa shape index (κ3) is 2.43. The summed E-state index contributed by atoms with van der Waals surface area (Å²) in [5.41, 5.74) is 3.65. The van der Waals surface area contributed by atoms with Gasteiger partial charge in [0.1, 0.15) is 11.4 Å². The predicted octanol–water partition coefficient (Wildman–Crippen LogP) is 4.08. The largest absolute Gasteiger partial charge is 0.457 e. The van der Waals surface area contributed by atoms with E-state index in [1.807, 2.05) is 12.1 Å². The van der Waals surface area contributed by atoms with Crippen LogP contribution in [0.3, 0.4) is 0 Å². The number of aliphatic imine (C=N–C) groups is 1. The van der Waals surface area contributed by atoms with E-state index in [0.29, 0.717) is 0 Å². The smallest absolute Gasteiger partial charge is 0.288 e. The number of benzene rings is 2. The van der Waals surface area contributed by atoms with E-state index in [-0.39, 0.29) is 17.5 Å². The number of ether oxygens (including phenoxy) is 1. The molecule has 0 aromatic heterocycles. The minimum atomic E-state index is -0.206. The van der Waals surface area contributed by atoms with E-state index in [0.717, 1.165) is 43.9 Å². The first-order valence-electron chi connectivity index (χ1n) is 9.08. The summed E-state index contributed by atoms with van der Waals surface area (Å²) in [4.78, 5) is 7.01. The van der Waals surface area contributed by atoms with Crippen molar-refractivity contribution in [3.8, 4) is 0 Å². The van der Waals surface area contributed by atoms with Gasteiger partial charge in [0.15, 0.2) is 0 Å². The number of rotatable bonds is 1. The van der Waals surface area contributed by atoms with Gasteiger partial charge in [-0.2, -0.15) is 0 Å². The maximum absolute atomic E-state index is 13.4. The normalized spacial score (nSPS) is 23.6. The number of nitrogens with zero attached hydrogens (tertiary/aromatic N) is 2. The van der Waals surface area contributed by atoms with Gasteiger partial charge in [0.25, 0.3) is 6.02 Å². The molecule has 4 heteroatoms. The summed E-state index contributed by atoms with van der Waals surface area (Å²) < 4.78 is 19.8. The lowest BCUT2D eigenvalue weighted by Gasteiger charge is -2.41. The Morgan fingerprint density at radius 1 is 1.08 bits per heavy atom. The van der Waals surface area contributed by atoms with Crippen LogP contribution in [0.15, 0.2) is 53.5 Å². The van der Waals surface area contributed by atoms with E-state index >= 15 is 0 Å². The first-order valence-corrected chi connectivity index (χ1v) is 9.08. The lowest BCUT2D eigenvalue weighted by molar-refractivity contribution is -0.00605. The standard InChI is InChI=1S/C21H21FN2O/c22-17-8-6-16(7-9-17)19-18-5-2-1-4-15(18)10-13-24(19)20-23-14-21(25-20)11-3-12-21/h1-2,4-9,19H,3,10-14H2/t19-/m0/s1. The van der Waals surface area contributed by atoms with Crippen LogP contribution >= 0.6 is 0 Å². The molecule has 2 aliphatic heterocycles. The molecular weight excluding hydrogens is 315 g/mol. The fraction of sp³-hybridized carbons (Fsp3) is 0.381. The summed E-state index contributed by atoms with van der Waals surface area (Å²) in [6, 6.07) is 16.1. The van der Waals surface area contributed by atoms with Crippen LogP contribution in [-0.4, -0.2) is 29.6 Å². The maximum atomic E-state index is 13.4. The van der Waals surface area contributed by atoms with Crippen LogP contribution in [0.1, 0.15) is 42.0 Å². The number of hydrogen-bond acceptors (Lipinski definition) is 3. The number of halogens is 1. The summed E-state index contributed by atoms with van der Waals surface area (Å²) in [5, 5.41) is 0. The molecule has 2 aromatic carbocycles. The molecule has 1 fully saturated rings. The van der Waals surface area contributed by atoms with Gasteiger partial charge in [-0.15, -0.1) is 0 Å². The van der Waals surface area contributed by atoms with Gasteiger partial charge in [0.05, 0.1) is 12.6 Å². The van der Waals surface area contributed by atoms with E-state index in [2.05, 4.69) is 29.2 Å². The van der Waals surface area contributed by atoms with Gasteiger partial charge >= 0.3 is 0 Å². The molecule has 2 aromatic rings. The third-order valence-corrected chi connectivity index (χ3v) is 5.79. The number of fused-ring (bicyclic) bond motifs is 1. The van der Waals surface area contributed by atoms with Gasteiger partial charge in [0, 0.05) is 6.54 Å². The molecule has 128 valence electrons. The molecule has 2 heterocycles. The van der Waals surface area contributed by atoms with Crippen LogP contribution in [0.2, 0.25) is 0 Å². The fourth-order valence-corrected chi connectivity index (χ4v) is 4.23. The summed E-state index contributed by atoms with van der Waals surface area (Å²) in [6.45, 7) is 1.64. The van der Waals surface area contributed by atoms with E-state index < -0.39 is 0 Å². The maximum Gasteiger partial charge on any atom is 0.288 e. The molecule has 0 amide bonds. The Morgan fingerprint density at radius 2 is 1.88 bits per heavy atom. The molecule has 0 saturated heterocycles. The highest BCUT2D eigenvalue weighted by molar-refractivity contribution is 5.78. The zero-order valence-corrected chi connectivity index (χ0v) is 14.1. The third-order valence-electron chi connectivity index (χ3n) is 5.79. The Labute approximate surface area is 147 Å². The highest BCUT2D eigenvalue weighted by Crippen LogP contribution is 2.42. The second kappa shape index (κ2) is 5.58. The molecule has 3 nitrogen and oxygen atoms in total. The Kier molecular flexibility index (Phi) is 3.34. The average Bonchev–Trinajstić information content (AvgIpc) is 3.08. The molecule has 1 spiro atoms. The molecule has 25 heavy (non-hydrogen) atoms. The molecule has 1 atom stereocenters. The van der Waals surface area contributed by atoms with Crippen molar-refractivity contribution in [1.29, 1.82) is 0 Å². The first kappa shape index (κ1) is 14.9. The van der Waals surface area contributed by atoms with Crippen molar-refractivity contribution in [2.24, 2.45) is 4.99 Å². The Bertz CT molecular complexity index is 826. The highest BCUT2D eigenvalue weighted by atomic mass is 19.1. The summed E-state index contributed by atoms with van der Waals surface area (Å²) >= 11 is 0. The van der Waals surface area contributed by atoms with E-state index in [1.54, 1.807) is 0 Å². The van der Waals surface area contributed by atoms with Gasteiger partial charge < -0.3 is 9.64 Å². The first-order chi connectivity index (χ1) is 12.2. The van der Waals surface area contributed by atoms with E-state index in [9.17, 15) is 4.39 Å². The number of hydrogen-bond donors (Lipinski definition) is 0. The number of amidine groups is 1. The van der Waals surface area contributed by atoms with E-state index in [4.69, 9.17) is 9.73 Å². The lowest BCUT2D eigenvalue weighted by atomic mass is 9.80. The van der Waals surface area contributed by atoms with Gasteiger partial charge in [0.2, 0.25) is 0 Å². The zero-order chi connectivity index (χ0) is 16.9. The van der Waals surface area contributed by atoms with Gasteiger partial charge in [-0.3, -0.25) is 0 Å². The summed E-state index contributed by atoms with van der Waals surface area (Å²) in [6.07, 6.45) is 4.41. The highest BCUT2D eigenvalue weighted by Gasteiger charge is 2.46. The quantitative estimate of drug-likeness (QED) is 0.784. The molecular formula is C21H21FN2O. The topological polar surface area (TPSA) is 24.8 Å². The van der Waals surface area contributed by atoms with Crippen molar-refractivity contribution in [2.45, 2.75) is 37.3 Å². The van der Waals surface area contributed by atoms with Crippen LogP contribution in [0.5, 0.6) is 0 Å². The summed E-state index contributed by atoms with van der Waals surface area (Å²) in [5.74, 6) is -0.206. The van der Waals surface area contributed by atoms with Crippen molar-refractivity contribution >= 4 is 6.02 Å². The second-order valence-electron chi connectivity index (χ2n) is 7.33. The van der Waals surface area contributed by atoms with Crippen molar-refractivity contribution in [3.05, 3.63) is 71.0 Å². The molecule has 1 aliphatic carbocycles. The Morgan fingerprint density at radius 3 is 2.60 bits per heavy atom. The zero-order valence-electron chi connectivity index (χ0n) is 14.1. The Balaban J connectivity index is 1.54. The van der Waals surface area contributed by atoms with Crippen LogP contribution in [0.4, 0.5) is 4.39 Å². The van der Waals surface area contributed by atoms with Gasteiger partial charge in [-0.25, -0.2) is 9.38 Å².